The van der Waals surface area contributed by atoms with Crippen molar-refractivity contribution in [3.8, 4) is 0 Å². The van der Waals surface area contributed by atoms with Crippen molar-refractivity contribution in [3.63, 3.8) is 0 Å². The van der Waals surface area contributed by atoms with Crippen molar-refractivity contribution in [2.45, 2.75) is 12.5 Å². The van der Waals surface area contributed by atoms with Gasteiger partial charge in [0.15, 0.2) is 0 Å². The van der Waals surface area contributed by atoms with Crippen molar-refractivity contribution in [2.24, 2.45) is 5.73 Å². The van der Waals surface area contributed by atoms with Gasteiger partial charge in [0, 0.05) is 22.9 Å². The monoisotopic (exact) mass is 276 g/mol. The van der Waals surface area contributed by atoms with E-state index in [0.29, 0.717) is 0 Å². The number of benzene rings is 1. The predicted molar refractivity (Wildman–Crippen MR) is 69.0 cm³/mol. The van der Waals surface area contributed by atoms with Gasteiger partial charge in [-0.2, -0.15) is 0 Å². The Morgan fingerprint density at radius 2 is 2.00 bits per heavy atom. The minimum Gasteiger partial charge on any atom is -0.324 e. The fraction of sp³-hybridized carbons (Fsp3) is 0.154. The maximum atomic E-state index is 6.17. The van der Waals surface area contributed by atoms with Gasteiger partial charge in [0.2, 0.25) is 0 Å². The van der Waals surface area contributed by atoms with Gasteiger partial charge in [-0.25, -0.2) is 0 Å². The molecule has 1 atom stereocenters. The molecule has 0 saturated carbocycles. The van der Waals surface area contributed by atoms with Crippen LogP contribution in [0.15, 0.2) is 53.3 Å². The van der Waals surface area contributed by atoms with Crippen LogP contribution in [0.5, 0.6) is 0 Å². The van der Waals surface area contributed by atoms with Gasteiger partial charge >= 0.3 is 0 Å². The summed E-state index contributed by atoms with van der Waals surface area (Å²) in [5.74, 6) is 0. The van der Waals surface area contributed by atoms with Crippen LogP contribution in [0, 0.1) is 0 Å². The van der Waals surface area contributed by atoms with E-state index in [0.717, 1.165) is 22.0 Å². The number of nitrogens with two attached hydrogens (primary N) is 1. The molecule has 1 aromatic heterocycles. The van der Waals surface area contributed by atoms with Crippen LogP contribution in [0.1, 0.15) is 17.2 Å². The third kappa shape index (κ3) is 2.68. The average molecular weight is 277 g/mol. The van der Waals surface area contributed by atoms with Crippen LogP contribution in [0.4, 0.5) is 0 Å². The van der Waals surface area contributed by atoms with E-state index in [1.165, 1.54) is 0 Å². The maximum absolute atomic E-state index is 6.17. The minimum atomic E-state index is -0.000208. The zero-order valence-corrected chi connectivity index (χ0v) is 10.4. The van der Waals surface area contributed by atoms with Crippen molar-refractivity contribution in [1.29, 1.82) is 0 Å². The topological polar surface area (TPSA) is 38.9 Å². The lowest BCUT2D eigenvalue weighted by Crippen LogP contribution is -2.13. The van der Waals surface area contributed by atoms with E-state index in [1.807, 2.05) is 42.6 Å². The number of hydrogen-bond acceptors (Lipinski definition) is 2. The molecule has 2 aromatic rings. The van der Waals surface area contributed by atoms with E-state index >= 15 is 0 Å². The Kier molecular flexibility index (Phi) is 3.70. The van der Waals surface area contributed by atoms with Gasteiger partial charge in [-0.1, -0.05) is 40.2 Å². The third-order valence-corrected chi connectivity index (χ3v) is 3.21. The molecule has 0 amide bonds. The molecule has 2 N–H and O–H groups in total. The summed E-state index contributed by atoms with van der Waals surface area (Å²) < 4.78 is 1.06. The van der Waals surface area contributed by atoms with Gasteiger partial charge < -0.3 is 5.73 Å². The zero-order valence-electron chi connectivity index (χ0n) is 8.81. The van der Waals surface area contributed by atoms with Crippen LogP contribution in [0.25, 0.3) is 0 Å². The van der Waals surface area contributed by atoms with E-state index in [4.69, 9.17) is 5.73 Å². The molecule has 0 fully saturated rings. The molecule has 2 nitrogen and oxygen atoms in total. The second-order valence-corrected chi connectivity index (χ2v) is 4.55. The third-order valence-electron chi connectivity index (χ3n) is 2.48. The summed E-state index contributed by atoms with van der Waals surface area (Å²) >= 11 is 3.51. The highest BCUT2D eigenvalue weighted by molar-refractivity contribution is 9.10. The maximum Gasteiger partial charge on any atom is 0.0347 e. The predicted octanol–water partition coefficient (Wildman–Crippen LogP) is 3.09. The number of aromatic nitrogens is 1. The first kappa shape index (κ1) is 11.3. The molecule has 0 spiro atoms. The smallest absolute Gasteiger partial charge is 0.0347 e. The van der Waals surface area contributed by atoms with Crippen molar-refractivity contribution in [2.75, 3.05) is 0 Å². The van der Waals surface area contributed by atoms with E-state index in [1.54, 1.807) is 6.20 Å². The second-order valence-electron chi connectivity index (χ2n) is 3.69. The van der Waals surface area contributed by atoms with E-state index < -0.39 is 0 Å². The van der Waals surface area contributed by atoms with Crippen LogP contribution in [0.3, 0.4) is 0 Å². The molecule has 3 heteroatoms. The van der Waals surface area contributed by atoms with Gasteiger partial charge in [-0.3, -0.25) is 4.98 Å². The normalized spacial score (nSPS) is 12.4. The lowest BCUT2D eigenvalue weighted by Gasteiger charge is -2.13. The first-order chi connectivity index (χ1) is 7.77. The Bertz CT molecular complexity index is 456. The lowest BCUT2D eigenvalue weighted by atomic mass is 10.0. The molecule has 0 radical (unpaired) electrons. The number of halogens is 1. The van der Waals surface area contributed by atoms with Crippen LogP contribution < -0.4 is 5.73 Å². The van der Waals surface area contributed by atoms with E-state index in [9.17, 15) is 0 Å². The molecule has 1 heterocycles. The first-order valence-corrected chi connectivity index (χ1v) is 5.95. The highest BCUT2D eigenvalue weighted by atomic mass is 79.9. The lowest BCUT2D eigenvalue weighted by molar-refractivity contribution is 0.716. The summed E-state index contributed by atoms with van der Waals surface area (Å²) in [5.41, 5.74) is 8.46. The Morgan fingerprint density at radius 1 is 1.19 bits per heavy atom. The summed E-state index contributed by atoms with van der Waals surface area (Å²) in [6.45, 7) is 0. The van der Waals surface area contributed by atoms with Crippen LogP contribution in [-0.2, 0) is 6.42 Å². The molecule has 2 rings (SSSR count). The van der Waals surface area contributed by atoms with Crippen molar-refractivity contribution >= 4 is 15.9 Å². The first-order valence-electron chi connectivity index (χ1n) is 5.16. The van der Waals surface area contributed by atoms with E-state index in [-0.39, 0.29) is 6.04 Å². The Balaban J connectivity index is 2.15. The zero-order chi connectivity index (χ0) is 11.4. The van der Waals surface area contributed by atoms with E-state index in [2.05, 4.69) is 20.9 Å². The Morgan fingerprint density at radius 3 is 2.69 bits per heavy atom. The summed E-state index contributed by atoms with van der Waals surface area (Å²) in [7, 11) is 0. The fourth-order valence-electron chi connectivity index (χ4n) is 1.66. The standard InChI is InChI=1S/C13H13BrN2/c14-12-6-2-1-5-11(12)13(15)8-10-4-3-7-16-9-10/h1-7,9,13H,8,15H2. The highest BCUT2D eigenvalue weighted by Crippen LogP contribution is 2.23. The molecule has 16 heavy (non-hydrogen) atoms. The largest absolute Gasteiger partial charge is 0.324 e. The summed E-state index contributed by atoms with van der Waals surface area (Å²) in [6, 6.07) is 12.0. The fourth-order valence-corrected chi connectivity index (χ4v) is 2.24. The molecule has 0 saturated heterocycles. The van der Waals surface area contributed by atoms with Gasteiger partial charge in [-0.15, -0.1) is 0 Å². The number of rotatable bonds is 3. The molecule has 1 unspecified atom stereocenters. The van der Waals surface area contributed by atoms with Crippen molar-refractivity contribution in [1.82, 2.24) is 4.98 Å². The van der Waals surface area contributed by atoms with Gasteiger partial charge in [-0.05, 0) is 29.7 Å². The van der Waals surface area contributed by atoms with Crippen LogP contribution >= 0.6 is 15.9 Å². The van der Waals surface area contributed by atoms with Gasteiger partial charge in [0.05, 0.1) is 0 Å². The molecule has 1 aromatic carbocycles. The Hall–Kier alpha value is -1.19. The summed E-state index contributed by atoms with van der Waals surface area (Å²) in [4.78, 5) is 4.09. The highest BCUT2D eigenvalue weighted by Gasteiger charge is 2.09. The molecule has 0 aliphatic rings. The van der Waals surface area contributed by atoms with Gasteiger partial charge in [0.25, 0.3) is 0 Å². The Labute approximate surface area is 104 Å². The molecule has 0 bridgehead atoms. The SMILES string of the molecule is NC(Cc1cccnc1)c1ccccc1Br. The molecule has 82 valence electrons. The minimum absolute atomic E-state index is 0.000208. The van der Waals surface area contributed by atoms with Crippen LogP contribution in [-0.4, -0.2) is 4.98 Å². The quantitative estimate of drug-likeness (QED) is 0.936. The summed E-state index contributed by atoms with van der Waals surface area (Å²) in [5, 5.41) is 0. The molecule has 0 aliphatic carbocycles. The second kappa shape index (κ2) is 5.23. The van der Waals surface area contributed by atoms with Gasteiger partial charge in [0.1, 0.15) is 0 Å². The van der Waals surface area contributed by atoms with Crippen LogP contribution in [0.2, 0.25) is 0 Å². The van der Waals surface area contributed by atoms with Crippen molar-refractivity contribution in [3.05, 3.63) is 64.4 Å². The number of pyridine rings is 1. The number of nitrogens with zero attached hydrogens (tertiary/aromatic N) is 1. The molecular formula is C13H13BrN2. The molecular weight excluding hydrogens is 264 g/mol. The summed E-state index contributed by atoms with van der Waals surface area (Å²) in [6.07, 6.45) is 4.43. The van der Waals surface area contributed by atoms with Crippen molar-refractivity contribution < 1.29 is 0 Å². The molecule has 0 aliphatic heterocycles. The average Bonchev–Trinajstić information content (AvgIpc) is 2.31. The number of hydrogen-bond donors (Lipinski definition) is 1.